The Morgan fingerprint density at radius 2 is 1.09 bits per heavy atom. The first-order valence-electron chi connectivity index (χ1n) is 18.9. The van der Waals surface area contributed by atoms with Crippen LogP contribution in [0.5, 0.6) is 0 Å². The van der Waals surface area contributed by atoms with Gasteiger partial charge in [0.1, 0.15) is 6.61 Å². The number of aliphatic hydroxyl groups excluding tert-OH is 1. The number of ether oxygens (including phenoxy) is 2. The summed E-state index contributed by atoms with van der Waals surface area (Å²) in [6.45, 7) is 3.26. The number of carbonyl (C=O) groups is 2. The Kier molecular flexibility index (Phi) is 34.3. The fourth-order valence-electron chi connectivity index (χ4n) is 4.29. The highest BCUT2D eigenvalue weighted by molar-refractivity contribution is 7.46. The van der Waals surface area contributed by atoms with Crippen molar-refractivity contribution in [3.8, 4) is 0 Å². The smallest absolute Gasteiger partial charge is 0.462 e. The average molecular weight is 757 g/mol. The molecule has 296 valence electrons. The van der Waals surface area contributed by atoms with Crippen molar-refractivity contribution in [2.24, 2.45) is 0 Å². The molecule has 0 saturated carbocycles. The number of allylic oxidation sites excluding steroid dienone is 18. The molecule has 10 heteroatoms. The summed E-state index contributed by atoms with van der Waals surface area (Å²) in [5.41, 5.74) is 0. The van der Waals surface area contributed by atoms with Crippen LogP contribution in [0, 0.1) is 0 Å². The number of hydrogen-bond donors (Lipinski definition) is 3. The third-order valence-electron chi connectivity index (χ3n) is 7.07. The molecule has 0 heterocycles. The third kappa shape index (κ3) is 39.5. The van der Waals surface area contributed by atoms with Crippen LogP contribution >= 0.6 is 7.82 Å². The van der Waals surface area contributed by atoms with Gasteiger partial charge in [-0.2, -0.15) is 0 Å². The lowest BCUT2D eigenvalue weighted by molar-refractivity contribution is -0.161. The van der Waals surface area contributed by atoms with E-state index in [4.69, 9.17) is 19.3 Å². The number of phosphoric acid groups is 1. The quantitative estimate of drug-likeness (QED) is 0.0201. The topological polar surface area (TPSA) is 140 Å². The molecule has 0 rings (SSSR count). The minimum atomic E-state index is -4.80. The van der Waals surface area contributed by atoms with Gasteiger partial charge in [0.2, 0.25) is 0 Å². The minimum absolute atomic E-state index is 0.0461. The molecule has 0 aliphatic carbocycles. The van der Waals surface area contributed by atoms with Crippen molar-refractivity contribution in [1.82, 2.24) is 0 Å². The first kappa shape index (κ1) is 49.4. The lowest BCUT2D eigenvalue weighted by Gasteiger charge is -2.18. The molecule has 0 aromatic carbocycles. The Morgan fingerprint density at radius 1 is 0.585 bits per heavy atom. The van der Waals surface area contributed by atoms with E-state index >= 15 is 0 Å². The highest BCUT2D eigenvalue weighted by atomic mass is 31.2. The van der Waals surface area contributed by atoms with Crippen LogP contribution in [0.25, 0.3) is 0 Å². The second kappa shape index (κ2) is 36.8. The molecule has 9 nitrogen and oxygen atoms in total. The van der Waals surface area contributed by atoms with Gasteiger partial charge in [0.15, 0.2) is 6.10 Å². The molecule has 1 unspecified atom stereocenters. The van der Waals surface area contributed by atoms with Crippen LogP contribution in [-0.2, 0) is 28.2 Å². The molecular formula is C43H65O9P. The minimum Gasteiger partial charge on any atom is -0.462 e. The van der Waals surface area contributed by atoms with E-state index in [2.05, 4.69) is 79.1 Å². The van der Waals surface area contributed by atoms with E-state index in [9.17, 15) is 19.3 Å². The van der Waals surface area contributed by atoms with Crippen LogP contribution in [0.15, 0.2) is 122 Å². The van der Waals surface area contributed by atoms with Gasteiger partial charge >= 0.3 is 19.8 Å². The maximum Gasteiger partial charge on any atom is 0.469 e. The normalized spacial score (nSPS) is 14.4. The third-order valence-corrected chi connectivity index (χ3v) is 7.55. The first-order chi connectivity index (χ1) is 25.7. The van der Waals surface area contributed by atoms with Gasteiger partial charge in [-0.05, 0) is 83.5 Å². The maximum absolute atomic E-state index is 12.3. The molecule has 0 aliphatic heterocycles. The van der Waals surface area contributed by atoms with Gasteiger partial charge in [-0.15, -0.1) is 0 Å². The van der Waals surface area contributed by atoms with Crippen molar-refractivity contribution in [3.63, 3.8) is 0 Å². The van der Waals surface area contributed by atoms with E-state index in [1.165, 1.54) is 0 Å². The van der Waals surface area contributed by atoms with E-state index in [-0.39, 0.29) is 19.4 Å². The fourth-order valence-corrected chi connectivity index (χ4v) is 4.66. The SMILES string of the molecule is CC/C=C\C/C=C\C/C=C\C/C=C\CCCCC(=O)OC[C@H](COP(=O)(O)O)OC(=O)CC/C=C\C/C=C\C/C=C\C=C\C(O)C/C=C\C/C=C\CC. The Morgan fingerprint density at radius 3 is 1.66 bits per heavy atom. The number of rotatable bonds is 32. The van der Waals surface area contributed by atoms with Gasteiger partial charge < -0.3 is 24.4 Å². The van der Waals surface area contributed by atoms with Crippen LogP contribution in [0.2, 0.25) is 0 Å². The van der Waals surface area contributed by atoms with E-state index in [0.29, 0.717) is 25.7 Å². The van der Waals surface area contributed by atoms with Gasteiger partial charge in [-0.3, -0.25) is 14.1 Å². The van der Waals surface area contributed by atoms with Crippen LogP contribution in [-0.4, -0.2) is 52.3 Å². The summed E-state index contributed by atoms with van der Waals surface area (Å²) >= 11 is 0. The fraction of sp³-hybridized carbons (Fsp3) is 0.488. The Bertz CT molecular complexity index is 1280. The molecule has 0 bridgehead atoms. The Balaban J connectivity index is 4.27. The highest BCUT2D eigenvalue weighted by Crippen LogP contribution is 2.35. The van der Waals surface area contributed by atoms with Crippen molar-refractivity contribution in [2.45, 2.75) is 122 Å². The predicted octanol–water partition coefficient (Wildman–Crippen LogP) is 10.4. The number of carbonyl (C=O) groups excluding carboxylic acids is 2. The van der Waals surface area contributed by atoms with Crippen molar-refractivity contribution in [1.29, 1.82) is 0 Å². The predicted molar refractivity (Wildman–Crippen MR) is 217 cm³/mol. The second-order valence-electron chi connectivity index (χ2n) is 12.0. The Labute approximate surface area is 319 Å². The molecule has 3 N–H and O–H groups in total. The Hall–Kier alpha value is -3.59. The molecule has 53 heavy (non-hydrogen) atoms. The van der Waals surface area contributed by atoms with Gasteiger partial charge in [0, 0.05) is 12.8 Å². The number of phosphoric ester groups is 1. The van der Waals surface area contributed by atoms with Crippen molar-refractivity contribution >= 4 is 19.8 Å². The largest absolute Gasteiger partial charge is 0.469 e. The number of unbranched alkanes of at least 4 members (excludes halogenated alkanes) is 2. The molecule has 0 aliphatic rings. The highest BCUT2D eigenvalue weighted by Gasteiger charge is 2.22. The summed E-state index contributed by atoms with van der Waals surface area (Å²) in [6.07, 6.45) is 49.6. The van der Waals surface area contributed by atoms with Crippen LogP contribution < -0.4 is 0 Å². The lowest BCUT2D eigenvalue weighted by atomic mass is 10.2. The molecule has 2 atom stereocenters. The van der Waals surface area contributed by atoms with Crippen molar-refractivity contribution in [2.75, 3.05) is 13.2 Å². The van der Waals surface area contributed by atoms with Crippen molar-refractivity contribution in [3.05, 3.63) is 122 Å². The number of aliphatic hydroxyl groups is 1. The first-order valence-corrected chi connectivity index (χ1v) is 20.5. The lowest BCUT2D eigenvalue weighted by Crippen LogP contribution is -2.29. The summed E-state index contributed by atoms with van der Waals surface area (Å²) in [4.78, 5) is 42.7. The molecular weight excluding hydrogens is 691 g/mol. The molecule has 0 radical (unpaired) electrons. The average Bonchev–Trinajstić information content (AvgIpc) is 3.12. The maximum atomic E-state index is 12.3. The van der Waals surface area contributed by atoms with Gasteiger partial charge in [-0.1, -0.05) is 135 Å². The standard InChI is InChI=1S/C43H65O9P/c1-3-5-7-9-11-12-13-14-15-16-17-21-24-28-32-36-42(45)50-38-41(39-51-53(47,48)49)52-43(46)37-33-29-25-22-19-18-20-23-27-31-35-40(44)34-30-26-10-8-6-4-2/h5-8,11-12,14-15,17-19,21,23,25-27,29-31,35,40-41,44H,3-4,9-10,13,16,20,22,24,28,32-34,36-39H2,1-2H3,(H2,47,48,49)/b7-5-,8-6-,12-11-,15-14-,19-18-,21-17-,27-23-,29-25-,30-26-,35-31+/t40?,41-/m1/s1. The molecule has 0 amide bonds. The molecule has 0 aromatic heterocycles. The van der Waals surface area contributed by atoms with Crippen LogP contribution in [0.3, 0.4) is 0 Å². The van der Waals surface area contributed by atoms with Crippen molar-refractivity contribution < 1.29 is 43.0 Å². The van der Waals surface area contributed by atoms with E-state index in [1.54, 1.807) is 6.08 Å². The summed E-state index contributed by atoms with van der Waals surface area (Å²) in [6, 6.07) is 0. The summed E-state index contributed by atoms with van der Waals surface area (Å²) in [7, 11) is -4.80. The zero-order valence-electron chi connectivity index (χ0n) is 32.0. The van der Waals surface area contributed by atoms with Crippen LogP contribution in [0.1, 0.15) is 110 Å². The zero-order chi connectivity index (χ0) is 39.1. The second-order valence-corrected chi connectivity index (χ2v) is 13.2. The summed E-state index contributed by atoms with van der Waals surface area (Å²) in [5, 5.41) is 9.96. The van der Waals surface area contributed by atoms with E-state index in [0.717, 1.165) is 57.8 Å². The van der Waals surface area contributed by atoms with E-state index in [1.807, 2.05) is 54.7 Å². The van der Waals surface area contributed by atoms with Crippen LogP contribution in [0.4, 0.5) is 0 Å². The van der Waals surface area contributed by atoms with Gasteiger partial charge in [0.05, 0.1) is 12.7 Å². The summed E-state index contributed by atoms with van der Waals surface area (Å²) < 4.78 is 26.2. The van der Waals surface area contributed by atoms with E-state index < -0.39 is 38.6 Å². The van der Waals surface area contributed by atoms with Gasteiger partial charge in [0.25, 0.3) is 0 Å². The number of hydrogen-bond acceptors (Lipinski definition) is 7. The number of esters is 2. The molecule has 0 spiro atoms. The molecule has 0 aromatic rings. The monoisotopic (exact) mass is 756 g/mol. The van der Waals surface area contributed by atoms with Gasteiger partial charge in [-0.25, -0.2) is 4.57 Å². The zero-order valence-corrected chi connectivity index (χ0v) is 32.9. The summed E-state index contributed by atoms with van der Waals surface area (Å²) in [5.74, 6) is -1.08. The molecule has 0 saturated heterocycles. The molecule has 0 fully saturated rings.